The maximum atomic E-state index is 11.7. The molecule has 0 aliphatic carbocycles. The predicted molar refractivity (Wildman–Crippen MR) is 68.5 cm³/mol. The van der Waals surface area contributed by atoms with Gasteiger partial charge in [0.1, 0.15) is 16.7 Å². The molecule has 1 aromatic rings. The van der Waals surface area contributed by atoms with Crippen molar-refractivity contribution in [1.29, 1.82) is 0 Å². The van der Waals surface area contributed by atoms with Gasteiger partial charge in [-0.15, -0.1) is 0 Å². The Bertz CT molecular complexity index is 408. The van der Waals surface area contributed by atoms with E-state index in [2.05, 4.69) is 4.40 Å². The van der Waals surface area contributed by atoms with Crippen molar-refractivity contribution < 1.29 is 8.95 Å². The summed E-state index contributed by atoms with van der Waals surface area (Å²) >= 11 is 0. The van der Waals surface area contributed by atoms with Gasteiger partial charge < -0.3 is 4.74 Å². The molecule has 0 spiro atoms. The van der Waals surface area contributed by atoms with Crippen LogP contribution in [-0.4, -0.2) is 22.3 Å². The van der Waals surface area contributed by atoms with Crippen LogP contribution in [0.25, 0.3) is 0 Å². The van der Waals surface area contributed by atoms with Crippen molar-refractivity contribution in [2.45, 2.75) is 25.5 Å². The number of methoxy groups -OCH3 is 1. The first-order chi connectivity index (χ1) is 7.45. The lowest BCUT2D eigenvalue weighted by atomic mass is 10.2. The van der Waals surface area contributed by atoms with Crippen LogP contribution in [0.15, 0.2) is 28.7 Å². The third kappa shape index (κ3) is 3.45. The minimum Gasteiger partial charge on any atom is -0.496 e. The standard InChI is InChI=1S/C12H17NO2S/c1-12(2,3)16(14)13-9-10-7-5-6-8-11(10)15-4/h5-9H,1-4H3/b13-9+/t16-/m1/s1. The lowest BCUT2D eigenvalue weighted by molar-refractivity contribution is 0.414. The molecule has 1 aromatic carbocycles. The van der Waals surface area contributed by atoms with Crippen LogP contribution in [0.2, 0.25) is 0 Å². The van der Waals surface area contributed by atoms with Gasteiger partial charge in [-0.25, -0.2) is 4.21 Å². The van der Waals surface area contributed by atoms with E-state index in [-0.39, 0.29) is 4.75 Å². The summed E-state index contributed by atoms with van der Waals surface area (Å²) < 4.78 is 20.6. The number of benzene rings is 1. The van der Waals surface area contributed by atoms with Crippen molar-refractivity contribution in [2.75, 3.05) is 7.11 Å². The van der Waals surface area contributed by atoms with E-state index in [1.807, 2.05) is 45.0 Å². The zero-order valence-electron chi connectivity index (χ0n) is 10.1. The average molecular weight is 239 g/mol. The molecule has 0 radical (unpaired) electrons. The quantitative estimate of drug-likeness (QED) is 0.760. The summed E-state index contributed by atoms with van der Waals surface area (Å²) in [5, 5.41) is 0. The second kappa shape index (κ2) is 5.25. The molecule has 0 heterocycles. The van der Waals surface area contributed by atoms with Crippen molar-refractivity contribution >= 4 is 17.2 Å². The minimum absolute atomic E-state index is 0.335. The van der Waals surface area contributed by atoms with Gasteiger partial charge in [-0.3, -0.25) is 0 Å². The molecule has 0 fully saturated rings. The van der Waals surface area contributed by atoms with Gasteiger partial charge in [-0.05, 0) is 32.9 Å². The van der Waals surface area contributed by atoms with Crippen LogP contribution in [0.4, 0.5) is 0 Å². The smallest absolute Gasteiger partial charge is 0.144 e. The zero-order chi connectivity index (χ0) is 12.2. The van der Waals surface area contributed by atoms with Gasteiger partial charge >= 0.3 is 0 Å². The van der Waals surface area contributed by atoms with Crippen LogP contribution < -0.4 is 4.74 Å². The molecule has 1 atom stereocenters. The Morgan fingerprint density at radius 1 is 1.31 bits per heavy atom. The van der Waals surface area contributed by atoms with E-state index in [1.165, 1.54) is 0 Å². The van der Waals surface area contributed by atoms with Gasteiger partial charge in [-0.1, -0.05) is 12.1 Å². The number of nitrogens with zero attached hydrogens (tertiary/aromatic N) is 1. The first-order valence-electron chi connectivity index (χ1n) is 5.04. The summed E-state index contributed by atoms with van der Waals surface area (Å²) in [4.78, 5) is 0. The third-order valence-electron chi connectivity index (χ3n) is 1.95. The molecule has 0 aliphatic rings. The Morgan fingerprint density at radius 3 is 2.50 bits per heavy atom. The maximum absolute atomic E-state index is 11.7. The van der Waals surface area contributed by atoms with Crippen molar-refractivity contribution in [3.05, 3.63) is 29.8 Å². The van der Waals surface area contributed by atoms with E-state index in [0.29, 0.717) is 0 Å². The predicted octanol–water partition coefficient (Wildman–Crippen LogP) is 2.58. The molecule has 0 saturated carbocycles. The topological polar surface area (TPSA) is 38.7 Å². The van der Waals surface area contributed by atoms with E-state index < -0.39 is 11.0 Å². The van der Waals surface area contributed by atoms with Gasteiger partial charge in [0.15, 0.2) is 0 Å². The fraction of sp³-hybridized carbons (Fsp3) is 0.417. The molecule has 0 N–H and O–H groups in total. The number of ether oxygens (including phenoxy) is 1. The normalized spacial score (nSPS) is 14.0. The number of hydrogen-bond acceptors (Lipinski definition) is 2. The van der Waals surface area contributed by atoms with Crippen LogP contribution in [0.3, 0.4) is 0 Å². The van der Waals surface area contributed by atoms with E-state index in [9.17, 15) is 4.21 Å². The number of rotatable bonds is 3. The molecular formula is C12H17NO2S. The molecule has 88 valence electrons. The molecule has 16 heavy (non-hydrogen) atoms. The van der Waals surface area contributed by atoms with E-state index >= 15 is 0 Å². The first kappa shape index (κ1) is 12.9. The van der Waals surface area contributed by atoms with Gasteiger partial charge in [0.25, 0.3) is 0 Å². The first-order valence-corrected chi connectivity index (χ1v) is 6.15. The zero-order valence-corrected chi connectivity index (χ0v) is 10.9. The molecule has 0 bridgehead atoms. The molecule has 0 saturated heterocycles. The number of para-hydroxylation sites is 1. The highest BCUT2D eigenvalue weighted by Crippen LogP contribution is 2.16. The Labute approximate surface area is 99.1 Å². The summed E-state index contributed by atoms with van der Waals surface area (Å²) in [6.45, 7) is 5.67. The lowest BCUT2D eigenvalue weighted by Gasteiger charge is -2.12. The van der Waals surface area contributed by atoms with Gasteiger partial charge in [0.2, 0.25) is 0 Å². The second-order valence-corrected chi connectivity index (χ2v) is 6.27. The summed E-state index contributed by atoms with van der Waals surface area (Å²) in [5.41, 5.74) is 0.836. The lowest BCUT2D eigenvalue weighted by Crippen LogP contribution is -2.19. The molecule has 0 unspecified atom stereocenters. The molecular weight excluding hydrogens is 222 g/mol. The fourth-order valence-electron chi connectivity index (χ4n) is 1.04. The van der Waals surface area contributed by atoms with Crippen LogP contribution in [0, 0.1) is 0 Å². The summed E-state index contributed by atoms with van der Waals surface area (Å²) in [6, 6.07) is 7.50. The van der Waals surface area contributed by atoms with E-state index in [4.69, 9.17) is 4.74 Å². The molecule has 1 rings (SSSR count). The fourth-order valence-corrected chi connectivity index (χ4v) is 1.56. The van der Waals surface area contributed by atoms with Gasteiger partial charge in [0, 0.05) is 11.8 Å². The van der Waals surface area contributed by atoms with Crippen molar-refractivity contribution in [3.63, 3.8) is 0 Å². The SMILES string of the molecule is COc1ccccc1/C=N/[S@](=O)C(C)(C)C. The Morgan fingerprint density at radius 2 is 1.94 bits per heavy atom. The Kier molecular flexibility index (Phi) is 4.24. The largest absolute Gasteiger partial charge is 0.496 e. The minimum atomic E-state index is -1.23. The molecule has 0 aliphatic heterocycles. The highest BCUT2D eigenvalue weighted by Gasteiger charge is 2.18. The van der Waals surface area contributed by atoms with Crippen molar-refractivity contribution in [2.24, 2.45) is 4.40 Å². The second-order valence-electron chi connectivity index (χ2n) is 4.34. The Balaban J connectivity index is 2.88. The van der Waals surface area contributed by atoms with E-state index in [0.717, 1.165) is 11.3 Å². The van der Waals surface area contributed by atoms with Crippen LogP contribution in [0.5, 0.6) is 5.75 Å². The van der Waals surface area contributed by atoms with Crippen LogP contribution in [-0.2, 0) is 11.0 Å². The summed E-state index contributed by atoms with van der Waals surface area (Å²) in [7, 11) is 0.370. The Hall–Kier alpha value is -1.16. The van der Waals surface area contributed by atoms with Gasteiger partial charge in [-0.2, -0.15) is 4.40 Å². The van der Waals surface area contributed by atoms with E-state index in [1.54, 1.807) is 13.3 Å². The molecule has 4 heteroatoms. The summed E-state index contributed by atoms with van der Waals surface area (Å²) in [6.07, 6.45) is 1.60. The highest BCUT2D eigenvalue weighted by molar-refractivity contribution is 7.85. The maximum Gasteiger partial charge on any atom is 0.144 e. The van der Waals surface area contributed by atoms with Crippen molar-refractivity contribution in [3.8, 4) is 5.75 Å². The van der Waals surface area contributed by atoms with Gasteiger partial charge in [0.05, 0.1) is 11.9 Å². The number of hydrogen-bond donors (Lipinski definition) is 0. The average Bonchev–Trinajstić information content (AvgIpc) is 2.24. The monoisotopic (exact) mass is 239 g/mol. The summed E-state index contributed by atoms with van der Waals surface area (Å²) in [5.74, 6) is 0.733. The van der Waals surface area contributed by atoms with Crippen LogP contribution in [0.1, 0.15) is 26.3 Å². The van der Waals surface area contributed by atoms with Crippen molar-refractivity contribution in [1.82, 2.24) is 0 Å². The molecule has 0 amide bonds. The molecule has 3 nitrogen and oxygen atoms in total. The third-order valence-corrected chi connectivity index (χ3v) is 3.29. The van der Waals surface area contributed by atoms with Crippen LogP contribution >= 0.6 is 0 Å². The molecule has 0 aromatic heterocycles. The highest BCUT2D eigenvalue weighted by atomic mass is 32.2.